The molecule has 3 rings (SSSR count). The molecular formula is C29H36FN5O3. The summed E-state index contributed by atoms with van der Waals surface area (Å²) in [4.78, 5) is 30.9. The van der Waals surface area contributed by atoms with Gasteiger partial charge < -0.3 is 20.0 Å². The summed E-state index contributed by atoms with van der Waals surface area (Å²) in [5, 5.41) is 5.33. The fourth-order valence-corrected chi connectivity index (χ4v) is 3.94. The number of hydrazine groups is 1. The second-order valence-electron chi connectivity index (χ2n) is 10.4. The molecule has 2 amide bonds. The van der Waals surface area contributed by atoms with Crippen LogP contribution in [0.25, 0.3) is 10.9 Å². The first kappa shape index (κ1) is 28.6. The summed E-state index contributed by atoms with van der Waals surface area (Å²) in [5.41, 5.74) is 5.59. The molecule has 0 radical (unpaired) electrons. The molecule has 0 bridgehead atoms. The highest BCUT2D eigenvalue weighted by Gasteiger charge is 2.18. The second-order valence-corrected chi connectivity index (χ2v) is 10.4. The Balaban J connectivity index is 1.81. The molecule has 202 valence electrons. The molecule has 0 aliphatic carbocycles. The number of allylic oxidation sites excluding steroid dienone is 1. The number of ether oxygens (including phenoxy) is 1. The number of aromatic nitrogens is 1. The molecule has 0 aliphatic heterocycles. The summed E-state index contributed by atoms with van der Waals surface area (Å²) in [6, 6.07) is 9.75. The maximum atomic E-state index is 15.1. The Bertz CT molecular complexity index is 1380. The Morgan fingerprint density at radius 2 is 1.82 bits per heavy atom. The first-order valence-electron chi connectivity index (χ1n) is 12.3. The molecule has 3 aromatic rings. The summed E-state index contributed by atoms with van der Waals surface area (Å²) in [7, 11) is 5.17. The number of pyridine rings is 1. The van der Waals surface area contributed by atoms with Crippen molar-refractivity contribution >= 4 is 22.7 Å². The van der Waals surface area contributed by atoms with Gasteiger partial charge in [0.15, 0.2) is 0 Å². The van der Waals surface area contributed by atoms with E-state index in [4.69, 9.17) is 4.74 Å². The Morgan fingerprint density at radius 3 is 2.45 bits per heavy atom. The third-order valence-electron chi connectivity index (χ3n) is 5.89. The Labute approximate surface area is 223 Å². The maximum Gasteiger partial charge on any atom is 0.253 e. The van der Waals surface area contributed by atoms with E-state index in [2.05, 4.69) is 15.7 Å². The van der Waals surface area contributed by atoms with E-state index in [0.29, 0.717) is 39.2 Å². The maximum absolute atomic E-state index is 15.1. The van der Waals surface area contributed by atoms with Gasteiger partial charge in [-0.3, -0.25) is 14.6 Å². The number of hydrogen-bond donors (Lipinski definition) is 2. The highest BCUT2D eigenvalue weighted by atomic mass is 19.1. The molecule has 0 saturated carbocycles. The summed E-state index contributed by atoms with van der Waals surface area (Å²) in [6.07, 6.45) is 3.27. The summed E-state index contributed by atoms with van der Waals surface area (Å²) < 4.78 is 21.2. The third kappa shape index (κ3) is 6.86. The zero-order valence-electron chi connectivity index (χ0n) is 23.3. The van der Waals surface area contributed by atoms with Crippen molar-refractivity contribution in [3.63, 3.8) is 0 Å². The number of nitrogens with one attached hydrogen (secondary N) is 2. The molecule has 0 fully saturated rings. The molecule has 9 heteroatoms. The zero-order chi connectivity index (χ0) is 28.2. The quantitative estimate of drug-likeness (QED) is 0.409. The lowest BCUT2D eigenvalue weighted by molar-refractivity contribution is -0.119. The second kappa shape index (κ2) is 11.6. The minimum Gasteiger partial charge on any atom is -0.456 e. The normalized spacial score (nSPS) is 11.9. The van der Waals surface area contributed by atoms with Gasteiger partial charge in [0.25, 0.3) is 5.91 Å². The van der Waals surface area contributed by atoms with Crippen LogP contribution < -0.4 is 15.5 Å². The number of nitrogens with zero attached hydrogens (tertiary/aromatic N) is 3. The van der Waals surface area contributed by atoms with Gasteiger partial charge in [-0.05, 0) is 76.1 Å². The van der Waals surface area contributed by atoms with Crippen LogP contribution in [0.4, 0.5) is 4.39 Å². The standard InChI is InChI=1S/C29H36FN5O3/c1-18-13-21(15-27(36)33-19(2)17-35(31-6)29(3,4)5)23(30)16-26(18)38-25-11-12-32-24-10-9-20(14-22(24)25)28(37)34(7)8/h9-14,16-17,31H,15H2,1-8H3,(H,33,36)/b19-17+. The molecular weight excluding hydrogens is 485 g/mol. The Kier molecular flexibility index (Phi) is 8.73. The fourth-order valence-electron chi connectivity index (χ4n) is 3.94. The number of carbonyl (C=O) groups is 2. The van der Waals surface area contributed by atoms with E-state index in [1.807, 2.05) is 25.8 Å². The van der Waals surface area contributed by atoms with Crippen LogP contribution in [0.1, 0.15) is 49.2 Å². The SMILES string of the molecule is CNN(/C=C(\C)NC(=O)Cc1cc(C)c(Oc2ccnc3ccc(C(=O)N(C)C)cc23)cc1F)C(C)(C)C. The highest BCUT2D eigenvalue weighted by Crippen LogP contribution is 2.33. The lowest BCUT2D eigenvalue weighted by atomic mass is 10.1. The molecule has 0 spiro atoms. The molecule has 0 aliphatic rings. The minimum atomic E-state index is -0.546. The minimum absolute atomic E-state index is 0.124. The van der Waals surface area contributed by atoms with Gasteiger partial charge in [-0.1, -0.05) is 0 Å². The average molecular weight is 522 g/mol. The van der Waals surface area contributed by atoms with Crippen molar-refractivity contribution < 1.29 is 18.7 Å². The van der Waals surface area contributed by atoms with Crippen LogP contribution in [0.2, 0.25) is 0 Å². The number of amides is 2. The lowest BCUT2D eigenvalue weighted by Crippen LogP contribution is -2.45. The van der Waals surface area contributed by atoms with Crippen LogP contribution in [0.3, 0.4) is 0 Å². The predicted molar refractivity (Wildman–Crippen MR) is 147 cm³/mol. The van der Waals surface area contributed by atoms with Gasteiger partial charge in [0.05, 0.1) is 11.9 Å². The first-order chi connectivity index (χ1) is 17.8. The van der Waals surface area contributed by atoms with E-state index in [1.54, 1.807) is 77.7 Å². The van der Waals surface area contributed by atoms with Gasteiger partial charge in [0.2, 0.25) is 5.91 Å². The van der Waals surface area contributed by atoms with Crippen molar-refractivity contribution in [2.24, 2.45) is 0 Å². The van der Waals surface area contributed by atoms with Gasteiger partial charge in [-0.15, -0.1) is 0 Å². The molecule has 0 unspecified atom stereocenters. The summed E-state index contributed by atoms with van der Waals surface area (Å²) >= 11 is 0. The number of hydrogen-bond acceptors (Lipinski definition) is 6. The third-order valence-corrected chi connectivity index (χ3v) is 5.89. The van der Waals surface area contributed by atoms with E-state index in [-0.39, 0.29) is 29.3 Å². The molecule has 0 saturated heterocycles. The van der Waals surface area contributed by atoms with Crippen molar-refractivity contribution in [2.75, 3.05) is 21.1 Å². The molecule has 0 atom stereocenters. The molecule has 2 N–H and O–H groups in total. The smallest absolute Gasteiger partial charge is 0.253 e. The number of aryl methyl sites for hydroxylation is 1. The fraction of sp³-hybridized carbons (Fsp3) is 0.345. The summed E-state index contributed by atoms with van der Waals surface area (Å²) in [5.74, 6) is -0.252. The Hall–Kier alpha value is -3.98. The van der Waals surface area contributed by atoms with Crippen LogP contribution in [0.5, 0.6) is 11.5 Å². The molecule has 1 aromatic heterocycles. The van der Waals surface area contributed by atoms with Crippen LogP contribution in [-0.4, -0.2) is 53.4 Å². The van der Waals surface area contributed by atoms with Crippen LogP contribution in [0, 0.1) is 12.7 Å². The highest BCUT2D eigenvalue weighted by molar-refractivity contribution is 5.99. The lowest BCUT2D eigenvalue weighted by Gasteiger charge is -2.34. The van der Waals surface area contributed by atoms with E-state index in [1.165, 1.54) is 11.0 Å². The van der Waals surface area contributed by atoms with Crippen LogP contribution in [-0.2, 0) is 11.2 Å². The van der Waals surface area contributed by atoms with E-state index in [9.17, 15) is 9.59 Å². The van der Waals surface area contributed by atoms with Gasteiger partial charge in [0, 0.05) is 61.8 Å². The van der Waals surface area contributed by atoms with Crippen LogP contribution >= 0.6 is 0 Å². The van der Waals surface area contributed by atoms with Crippen molar-refractivity contribution in [1.29, 1.82) is 0 Å². The van der Waals surface area contributed by atoms with Crippen molar-refractivity contribution in [1.82, 2.24) is 25.6 Å². The van der Waals surface area contributed by atoms with E-state index >= 15 is 4.39 Å². The number of fused-ring (bicyclic) bond motifs is 1. The van der Waals surface area contributed by atoms with Crippen LogP contribution in [0.15, 0.2) is 54.5 Å². The predicted octanol–water partition coefficient (Wildman–Crippen LogP) is 4.93. The Morgan fingerprint density at radius 1 is 1.11 bits per heavy atom. The van der Waals surface area contributed by atoms with Gasteiger partial charge in [0.1, 0.15) is 17.3 Å². The number of rotatable bonds is 8. The number of benzene rings is 2. The molecule has 8 nitrogen and oxygen atoms in total. The number of halogens is 1. The van der Waals surface area contributed by atoms with Gasteiger partial charge in [-0.2, -0.15) is 0 Å². The topological polar surface area (TPSA) is 86.8 Å². The first-order valence-corrected chi connectivity index (χ1v) is 12.3. The van der Waals surface area contributed by atoms with Crippen molar-refractivity contribution in [2.45, 2.75) is 46.6 Å². The molecule has 38 heavy (non-hydrogen) atoms. The van der Waals surface area contributed by atoms with Gasteiger partial charge in [-0.25, -0.2) is 9.82 Å². The average Bonchev–Trinajstić information content (AvgIpc) is 2.84. The summed E-state index contributed by atoms with van der Waals surface area (Å²) in [6.45, 7) is 9.68. The number of carbonyl (C=O) groups excluding carboxylic acids is 2. The largest absolute Gasteiger partial charge is 0.456 e. The van der Waals surface area contributed by atoms with Gasteiger partial charge >= 0.3 is 0 Å². The van der Waals surface area contributed by atoms with E-state index in [0.717, 1.165) is 0 Å². The molecule has 2 aromatic carbocycles. The zero-order valence-corrected chi connectivity index (χ0v) is 23.3. The van der Waals surface area contributed by atoms with Crippen molar-refractivity contribution in [3.8, 4) is 11.5 Å². The monoisotopic (exact) mass is 521 g/mol. The molecule has 1 heterocycles. The van der Waals surface area contributed by atoms with E-state index < -0.39 is 5.82 Å². The van der Waals surface area contributed by atoms with Crippen molar-refractivity contribution in [3.05, 3.63) is 77.0 Å².